The van der Waals surface area contributed by atoms with Crippen molar-refractivity contribution >= 4 is 0 Å². The lowest BCUT2D eigenvalue weighted by atomic mass is 10.1. The van der Waals surface area contributed by atoms with Gasteiger partial charge in [0.15, 0.2) is 0 Å². The van der Waals surface area contributed by atoms with Gasteiger partial charge in [-0.2, -0.15) is 0 Å². The van der Waals surface area contributed by atoms with E-state index in [0.29, 0.717) is 0 Å². The average molecular weight is 232 g/mol. The van der Waals surface area contributed by atoms with Crippen LogP contribution < -0.4 is 0 Å². The summed E-state index contributed by atoms with van der Waals surface area (Å²) in [6.07, 6.45) is 17.9. The van der Waals surface area contributed by atoms with Gasteiger partial charge in [-0.05, 0) is 12.8 Å². The lowest BCUT2D eigenvalue weighted by Gasteiger charge is -2.03. The second-order valence-electron chi connectivity index (χ2n) is 4.37. The fourth-order valence-corrected chi connectivity index (χ4v) is 1.96. The first-order valence-electron chi connectivity index (χ1n) is 6.36. The van der Waals surface area contributed by atoms with E-state index >= 15 is 0 Å². The first-order chi connectivity index (χ1) is 8.45. The summed E-state index contributed by atoms with van der Waals surface area (Å²) in [7, 11) is 0. The maximum absolute atomic E-state index is 4.03. The molecule has 0 aliphatic carbocycles. The van der Waals surface area contributed by atoms with Crippen molar-refractivity contribution in [3.63, 3.8) is 0 Å². The molecule has 0 aromatic carbocycles. The number of hydrogen-bond donors (Lipinski definition) is 0. The van der Waals surface area contributed by atoms with Crippen LogP contribution in [0.1, 0.15) is 32.1 Å². The molecule has 0 saturated heterocycles. The minimum atomic E-state index is 1.10. The van der Waals surface area contributed by atoms with Gasteiger partial charge in [-0.25, -0.2) is 9.97 Å². The van der Waals surface area contributed by atoms with Crippen molar-refractivity contribution in [1.82, 2.24) is 19.1 Å². The van der Waals surface area contributed by atoms with Gasteiger partial charge in [0.25, 0.3) is 0 Å². The van der Waals surface area contributed by atoms with Crippen LogP contribution in [0.5, 0.6) is 0 Å². The Morgan fingerprint density at radius 2 is 1.12 bits per heavy atom. The Balaban J connectivity index is 1.44. The van der Waals surface area contributed by atoms with Crippen LogP contribution >= 0.6 is 0 Å². The summed E-state index contributed by atoms with van der Waals surface area (Å²) in [6, 6.07) is 0. The highest BCUT2D eigenvalue weighted by atomic mass is 15.0. The molecule has 0 fully saturated rings. The predicted molar refractivity (Wildman–Crippen MR) is 67.5 cm³/mol. The summed E-state index contributed by atoms with van der Waals surface area (Å²) in [4.78, 5) is 8.07. The Hall–Kier alpha value is -1.58. The Kier molecular flexibility index (Phi) is 4.82. The minimum Gasteiger partial charge on any atom is -0.337 e. The van der Waals surface area contributed by atoms with Crippen molar-refractivity contribution in [2.75, 3.05) is 0 Å². The third-order valence-corrected chi connectivity index (χ3v) is 2.95. The summed E-state index contributed by atoms with van der Waals surface area (Å²) in [5.41, 5.74) is 0. The number of unbranched alkanes of at least 4 members (excludes halogenated alkanes) is 4. The summed E-state index contributed by atoms with van der Waals surface area (Å²) in [6.45, 7) is 2.20. The first kappa shape index (κ1) is 11.9. The monoisotopic (exact) mass is 232 g/mol. The van der Waals surface area contributed by atoms with E-state index in [1.165, 1.54) is 32.1 Å². The normalized spacial score (nSPS) is 10.8. The number of nitrogens with zero attached hydrogens (tertiary/aromatic N) is 4. The summed E-state index contributed by atoms with van der Waals surface area (Å²) in [5.74, 6) is 0. The fourth-order valence-electron chi connectivity index (χ4n) is 1.96. The zero-order valence-corrected chi connectivity index (χ0v) is 10.2. The second-order valence-corrected chi connectivity index (χ2v) is 4.37. The molecule has 0 saturated carbocycles. The Bertz CT molecular complexity index is 339. The molecule has 0 radical (unpaired) electrons. The van der Waals surface area contributed by atoms with E-state index in [1.807, 2.05) is 37.4 Å². The van der Waals surface area contributed by atoms with Crippen molar-refractivity contribution in [3.8, 4) is 0 Å². The molecule has 4 nitrogen and oxygen atoms in total. The van der Waals surface area contributed by atoms with Gasteiger partial charge in [0.2, 0.25) is 0 Å². The van der Waals surface area contributed by atoms with Crippen LogP contribution in [0.25, 0.3) is 0 Å². The molecule has 0 atom stereocenters. The van der Waals surface area contributed by atoms with Crippen LogP contribution in [0.3, 0.4) is 0 Å². The molecule has 92 valence electrons. The van der Waals surface area contributed by atoms with Crippen LogP contribution in [0, 0.1) is 0 Å². The molecular weight excluding hydrogens is 212 g/mol. The van der Waals surface area contributed by atoms with Gasteiger partial charge in [0.05, 0.1) is 12.7 Å². The van der Waals surface area contributed by atoms with Gasteiger partial charge in [-0.15, -0.1) is 0 Å². The topological polar surface area (TPSA) is 35.6 Å². The largest absolute Gasteiger partial charge is 0.337 e. The molecule has 0 bridgehead atoms. The molecular formula is C13H20N4. The second kappa shape index (κ2) is 6.89. The molecule has 2 rings (SSSR count). The van der Waals surface area contributed by atoms with E-state index in [1.54, 1.807) is 0 Å². The van der Waals surface area contributed by atoms with Gasteiger partial charge in [-0.3, -0.25) is 0 Å². The predicted octanol–water partition coefficient (Wildman–Crippen LogP) is 2.73. The average Bonchev–Trinajstić information content (AvgIpc) is 3.00. The van der Waals surface area contributed by atoms with Crippen molar-refractivity contribution in [2.24, 2.45) is 0 Å². The van der Waals surface area contributed by atoms with Crippen LogP contribution in [0.15, 0.2) is 37.4 Å². The van der Waals surface area contributed by atoms with E-state index in [2.05, 4.69) is 19.1 Å². The Morgan fingerprint density at radius 1 is 0.647 bits per heavy atom. The van der Waals surface area contributed by atoms with E-state index in [0.717, 1.165) is 13.1 Å². The van der Waals surface area contributed by atoms with Gasteiger partial charge >= 0.3 is 0 Å². The van der Waals surface area contributed by atoms with Crippen LogP contribution in [0.4, 0.5) is 0 Å². The Labute approximate surface area is 102 Å². The molecule has 4 heteroatoms. The molecule has 0 unspecified atom stereocenters. The van der Waals surface area contributed by atoms with Crippen LogP contribution in [-0.2, 0) is 13.1 Å². The lowest BCUT2D eigenvalue weighted by Crippen LogP contribution is -1.96. The maximum Gasteiger partial charge on any atom is 0.0945 e. The van der Waals surface area contributed by atoms with E-state index in [9.17, 15) is 0 Å². The number of rotatable bonds is 8. The van der Waals surface area contributed by atoms with Gasteiger partial charge in [-0.1, -0.05) is 19.3 Å². The van der Waals surface area contributed by atoms with Gasteiger partial charge < -0.3 is 9.13 Å². The summed E-state index contributed by atoms with van der Waals surface area (Å²) in [5, 5.41) is 0. The van der Waals surface area contributed by atoms with Crippen LogP contribution in [-0.4, -0.2) is 19.1 Å². The van der Waals surface area contributed by atoms with E-state index in [4.69, 9.17) is 0 Å². The van der Waals surface area contributed by atoms with Crippen LogP contribution in [0.2, 0.25) is 0 Å². The summed E-state index contributed by atoms with van der Waals surface area (Å²) < 4.78 is 4.29. The number of hydrogen-bond acceptors (Lipinski definition) is 2. The first-order valence-corrected chi connectivity index (χ1v) is 6.36. The van der Waals surface area contributed by atoms with Crippen molar-refractivity contribution in [3.05, 3.63) is 37.4 Å². The highest BCUT2D eigenvalue weighted by Gasteiger charge is 1.93. The highest BCUT2D eigenvalue weighted by molar-refractivity contribution is 4.74. The maximum atomic E-state index is 4.03. The highest BCUT2D eigenvalue weighted by Crippen LogP contribution is 2.05. The van der Waals surface area contributed by atoms with Crippen molar-refractivity contribution in [2.45, 2.75) is 45.2 Å². The molecule has 2 heterocycles. The molecule has 2 aromatic heterocycles. The third-order valence-electron chi connectivity index (χ3n) is 2.95. The van der Waals surface area contributed by atoms with Crippen molar-refractivity contribution < 1.29 is 0 Å². The zero-order chi connectivity index (χ0) is 11.8. The molecule has 0 amide bonds. The molecule has 0 aliphatic rings. The van der Waals surface area contributed by atoms with Crippen molar-refractivity contribution in [1.29, 1.82) is 0 Å². The summed E-state index contributed by atoms with van der Waals surface area (Å²) >= 11 is 0. The number of aromatic nitrogens is 4. The molecule has 0 aliphatic heterocycles. The fraction of sp³-hybridized carbons (Fsp3) is 0.538. The van der Waals surface area contributed by atoms with E-state index in [-0.39, 0.29) is 0 Å². The zero-order valence-electron chi connectivity index (χ0n) is 10.2. The molecule has 0 N–H and O–H groups in total. The SMILES string of the molecule is c1cn(CCCCCCCn2ccnc2)cn1. The smallest absolute Gasteiger partial charge is 0.0945 e. The Morgan fingerprint density at radius 3 is 1.53 bits per heavy atom. The lowest BCUT2D eigenvalue weighted by molar-refractivity contribution is 0.535. The van der Waals surface area contributed by atoms with E-state index < -0.39 is 0 Å². The molecule has 2 aromatic rings. The van der Waals surface area contributed by atoms with Gasteiger partial charge in [0, 0.05) is 37.9 Å². The quantitative estimate of drug-likeness (QED) is 0.656. The number of imidazole rings is 2. The minimum absolute atomic E-state index is 1.10. The van der Waals surface area contributed by atoms with Gasteiger partial charge in [0.1, 0.15) is 0 Å². The molecule has 17 heavy (non-hydrogen) atoms. The number of aryl methyl sites for hydroxylation is 2. The standard InChI is InChI=1S/C13H20N4/c1(2-4-8-16-10-6-14-12-16)3-5-9-17-11-7-15-13-17/h6-7,10-13H,1-5,8-9H2. The third kappa shape index (κ3) is 4.43. The molecule has 0 spiro atoms.